The number of halogens is 1. The number of rotatable bonds is 4. The summed E-state index contributed by atoms with van der Waals surface area (Å²) in [6, 6.07) is 9.76. The van der Waals surface area contributed by atoms with Crippen LogP contribution in [-0.2, 0) is 7.05 Å². The minimum absolute atomic E-state index is 0. The summed E-state index contributed by atoms with van der Waals surface area (Å²) in [6.45, 7) is 0. The Morgan fingerprint density at radius 1 is 1.08 bits per heavy atom. The molecule has 0 unspecified atom stereocenters. The molecule has 0 aliphatic carbocycles. The van der Waals surface area contributed by atoms with Gasteiger partial charge in [0.2, 0.25) is 0 Å². The lowest BCUT2D eigenvalue weighted by atomic mass is 10.2. The highest BCUT2D eigenvalue weighted by Gasteiger charge is 2.12. The first-order valence-corrected chi connectivity index (χ1v) is 8.21. The highest BCUT2D eigenvalue weighted by Crippen LogP contribution is 2.36. The molecule has 0 atom stereocenters. The predicted octanol–water partition coefficient (Wildman–Crippen LogP) is 4.37. The molecule has 0 spiro atoms. The van der Waals surface area contributed by atoms with E-state index in [1.807, 2.05) is 36.1 Å². The van der Waals surface area contributed by atoms with Crippen molar-refractivity contribution in [3.8, 4) is 11.5 Å². The van der Waals surface area contributed by atoms with E-state index in [2.05, 4.69) is 22.4 Å². The monoisotopic (exact) mass is 376 g/mol. The summed E-state index contributed by atoms with van der Waals surface area (Å²) in [4.78, 5) is 9.18. The number of nitrogens with one attached hydrogen (secondary N) is 1. The van der Waals surface area contributed by atoms with Crippen LogP contribution in [0.4, 0.5) is 10.8 Å². The average Bonchev–Trinajstić information content (AvgIpc) is 3.17. The number of methoxy groups -OCH3 is 2. The first kappa shape index (κ1) is 17.3. The van der Waals surface area contributed by atoms with Crippen LogP contribution in [0.3, 0.4) is 0 Å². The standard InChI is InChI=1S/C17H16N4O2S.ClH/c1-21-9-18-15-12(21)5-7-14-16(15)20-17(24-14)19-11-8-10(22-2)4-6-13(11)23-3;/h4-9H,1-3H3,(H,19,20);1H. The zero-order valence-corrected chi connectivity index (χ0v) is 15.6. The summed E-state index contributed by atoms with van der Waals surface area (Å²) in [5, 5.41) is 4.11. The van der Waals surface area contributed by atoms with E-state index in [1.165, 1.54) is 0 Å². The van der Waals surface area contributed by atoms with Crippen molar-refractivity contribution in [2.45, 2.75) is 0 Å². The fraction of sp³-hybridized carbons (Fsp3) is 0.176. The lowest BCUT2D eigenvalue weighted by Gasteiger charge is -2.10. The van der Waals surface area contributed by atoms with Crippen LogP contribution in [-0.4, -0.2) is 28.8 Å². The molecule has 0 saturated heterocycles. The van der Waals surface area contributed by atoms with Gasteiger partial charge in [-0.05, 0) is 24.3 Å². The number of ether oxygens (including phenoxy) is 2. The van der Waals surface area contributed by atoms with Crippen LogP contribution in [0.15, 0.2) is 36.7 Å². The summed E-state index contributed by atoms with van der Waals surface area (Å²) in [6.07, 6.45) is 1.81. The summed E-state index contributed by atoms with van der Waals surface area (Å²) >= 11 is 1.58. The topological polar surface area (TPSA) is 61.2 Å². The van der Waals surface area contributed by atoms with Crippen LogP contribution in [0.5, 0.6) is 11.5 Å². The van der Waals surface area contributed by atoms with Gasteiger partial charge in [-0.2, -0.15) is 0 Å². The second-order valence-electron chi connectivity index (χ2n) is 5.35. The third-order valence-electron chi connectivity index (χ3n) is 3.90. The maximum Gasteiger partial charge on any atom is 0.188 e. The molecule has 6 nitrogen and oxygen atoms in total. The summed E-state index contributed by atoms with van der Waals surface area (Å²) in [5.74, 6) is 1.49. The number of nitrogens with zero attached hydrogens (tertiary/aromatic N) is 3. The number of anilines is 2. The lowest BCUT2D eigenvalue weighted by Crippen LogP contribution is -1.95. The van der Waals surface area contributed by atoms with Crippen LogP contribution in [0, 0.1) is 0 Å². The van der Waals surface area contributed by atoms with Gasteiger partial charge in [0.15, 0.2) is 5.13 Å². The van der Waals surface area contributed by atoms with Crippen molar-refractivity contribution < 1.29 is 9.47 Å². The molecule has 1 N–H and O–H groups in total. The Labute approximate surface area is 154 Å². The fourth-order valence-corrected chi connectivity index (χ4v) is 3.55. The quantitative estimate of drug-likeness (QED) is 0.573. The van der Waals surface area contributed by atoms with Crippen molar-refractivity contribution in [2.24, 2.45) is 7.05 Å². The zero-order chi connectivity index (χ0) is 16.7. The first-order chi connectivity index (χ1) is 11.7. The largest absolute Gasteiger partial charge is 0.497 e. The van der Waals surface area contributed by atoms with Gasteiger partial charge in [-0.25, -0.2) is 9.97 Å². The van der Waals surface area contributed by atoms with Gasteiger partial charge in [-0.15, -0.1) is 12.4 Å². The third kappa shape index (κ3) is 2.96. The van der Waals surface area contributed by atoms with Crippen LogP contribution in [0.2, 0.25) is 0 Å². The van der Waals surface area contributed by atoms with Gasteiger partial charge in [0.05, 0.1) is 36.5 Å². The van der Waals surface area contributed by atoms with E-state index in [4.69, 9.17) is 14.5 Å². The molecular weight excluding hydrogens is 360 g/mol. The summed E-state index contributed by atoms with van der Waals surface area (Å²) < 4.78 is 13.8. The van der Waals surface area contributed by atoms with Crippen LogP contribution < -0.4 is 14.8 Å². The number of aryl methyl sites for hydroxylation is 1. The smallest absolute Gasteiger partial charge is 0.188 e. The maximum absolute atomic E-state index is 5.41. The number of hydrogen-bond acceptors (Lipinski definition) is 6. The number of benzene rings is 2. The summed E-state index contributed by atoms with van der Waals surface area (Å²) in [7, 11) is 5.26. The van der Waals surface area contributed by atoms with Crippen molar-refractivity contribution in [2.75, 3.05) is 19.5 Å². The number of imidazole rings is 1. The molecule has 0 aliphatic rings. The lowest BCUT2D eigenvalue weighted by molar-refractivity contribution is 0.405. The minimum Gasteiger partial charge on any atom is -0.497 e. The van der Waals surface area contributed by atoms with Gasteiger partial charge < -0.3 is 19.4 Å². The molecule has 0 amide bonds. The van der Waals surface area contributed by atoms with Gasteiger partial charge in [0.1, 0.15) is 22.5 Å². The third-order valence-corrected chi connectivity index (χ3v) is 4.84. The molecule has 2 aromatic carbocycles. The SMILES string of the molecule is COc1ccc(OC)c(Nc2nc3c(ccc4c3ncn4C)s2)c1.Cl. The maximum atomic E-state index is 5.41. The van der Waals surface area contributed by atoms with Gasteiger partial charge >= 0.3 is 0 Å². The number of aromatic nitrogens is 3. The fourth-order valence-electron chi connectivity index (χ4n) is 2.67. The number of fused-ring (bicyclic) bond motifs is 3. The number of thiazole rings is 1. The summed E-state index contributed by atoms with van der Waals surface area (Å²) in [5.41, 5.74) is 3.70. The Hall–Kier alpha value is -2.51. The molecule has 25 heavy (non-hydrogen) atoms. The molecule has 130 valence electrons. The highest BCUT2D eigenvalue weighted by atomic mass is 35.5. The Kier molecular flexibility index (Phi) is 4.69. The molecule has 4 rings (SSSR count). The first-order valence-electron chi connectivity index (χ1n) is 7.39. The van der Waals surface area contributed by atoms with Crippen LogP contribution >= 0.6 is 23.7 Å². The molecule has 0 bridgehead atoms. The average molecular weight is 377 g/mol. The van der Waals surface area contributed by atoms with Gasteiger partial charge in [-0.1, -0.05) is 11.3 Å². The predicted molar refractivity (Wildman–Crippen MR) is 104 cm³/mol. The molecule has 0 aliphatic heterocycles. The van der Waals surface area contributed by atoms with E-state index in [0.29, 0.717) is 0 Å². The highest BCUT2D eigenvalue weighted by molar-refractivity contribution is 7.22. The molecule has 2 aromatic heterocycles. The second kappa shape index (κ2) is 6.78. The Bertz CT molecular complexity index is 1040. The van der Waals surface area contributed by atoms with Crippen molar-refractivity contribution in [1.82, 2.24) is 14.5 Å². The van der Waals surface area contributed by atoms with Crippen molar-refractivity contribution in [3.05, 3.63) is 36.7 Å². The van der Waals surface area contributed by atoms with Crippen molar-refractivity contribution in [1.29, 1.82) is 0 Å². The second-order valence-corrected chi connectivity index (χ2v) is 6.38. The molecule has 0 radical (unpaired) electrons. The molecular formula is C17H17ClN4O2S. The van der Waals surface area contributed by atoms with E-state index in [0.717, 1.165) is 43.6 Å². The van der Waals surface area contributed by atoms with Gasteiger partial charge in [0, 0.05) is 13.1 Å². The Morgan fingerprint density at radius 2 is 1.92 bits per heavy atom. The minimum atomic E-state index is 0. The van der Waals surface area contributed by atoms with E-state index in [1.54, 1.807) is 25.6 Å². The van der Waals surface area contributed by atoms with Gasteiger partial charge in [0.25, 0.3) is 0 Å². The van der Waals surface area contributed by atoms with Crippen molar-refractivity contribution in [3.63, 3.8) is 0 Å². The van der Waals surface area contributed by atoms with Crippen LogP contribution in [0.25, 0.3) is 21.3 Å². The normalized spacial score (nSPS) is 10.7. The Balaban J connectivity index is 0.00000182. The molecule has 2 heterocycles. The molecule has 8 heteroatoms. The van der Waals surface area contributed by atoms with E-state index >= 15 is 0 Å². The van der Waals surface area contributed by atoms with E-state index in [-0.39, 0.29) is 12.4 Å². The number of hydrogen-bond donors (Lipinski definition) is 1. The van der Waals surface area contributed by atoms with E-state index < -0.39 is 0 Å². The molecule has 4 aromatic rings. The van der Waals surface area contributed by atoms with E-state index in [9.17, 15) is 0 Å². The van der Waals surface area contributed by atoms with Crippen LogP contribution in [0.1, 0.15) is 0 Å². The molecule has 0 fully saturated rings. The van der Waals surface area contributed by atoms with Gasteiger partial charge in [-0.3, -0.25) is 0 Å². The van der Waals surface area contributed by atoms with Crippen molar-refractivity contribution >= 4 is 55.8 Å². The Morgan fingerprint density at radius 3 is 2.68 bits per heavy atom. The molecule has 0 saturated carbocycles. The zero-order valence-electron chi connectivity index (χ0n) is 13.9.